The molecule has 0 amide bonds. The highest BCUT2D eigenvalue weighted by molar-refractivity contribution is 7.89. The summed E-state index contributed by atoms with van der Waals surface area (Å²) < 4.78 is 55.6. The molecule has 2 aromatic heterocycles. The van der Waals surface area contributed by atoms with Gasteiger partial charge in [-0.25, -0.2) is 22.2 Å². The number of piperazine rings is 1. The third-order valence-electron chi connectivity index (χ3n) is 5.90. The zero-order chi connectivity index (χ0) is 24.7. The van der Waals surface area contributed by atoms with Crippen LogP contribution in [0.3, 0.4) is 0 Å². The Balaban J connectivity index is 1.31. The van der Waals surface area contributed by atoms with Crippen molar-refractivity contribution in [3.63, 3.8) is 0 Å². The van der Waals surface area contributed by atoms with Crippen LogP contribution in [-0.2, 0) is 16.6 Å². The van der Waals surface area contributed by atoms with Gasteiger partial charge in [0.2, 0.25) is 15.0 Å². The molecule has 1 saturated heterocycles. The maximum Gasteiger partial charge on any atom is 0.275 e. The predicted molar refractivity (Wildman–Crippen MR) is 128 cm³/mol. The molecule has 1 aliphatic heterocycles. The lowest BCUT2D eigenvalue weighted by atomic mass is 10.1. The van der Waals surface area contributed by atoms with Gasteiger partial charge in [-0.1, -0.05) is 35.6 Å². The summed E-state index contributed by atoms with van der Waals surface area (Å²) >= 11 is 1.33. The Morgan fingerprint density at radius 1 is 1.03 bits per heavy atom. The predicted octanol–water partition coefficient (Wildman–Crippen LogP) is 2.91. The molecule has 1 fully saturated rings. The fourth-order valence-electron chi connectivity index (χ4n) is 4.03. The third kappa shape index (κ3) is 4.61. The number of halogens is 2. The van der Waals surface area contributed by atoms with Crippen molar-refractivity contribution in [1.82, 2.24) is 23.8 Å². The minimum atomic E-state index is -4.16. The van der Waals surface area contributed by atoms with Crippen molar-refractivity contribution in [2.24, 2.45) is 0 Å². The first-order valence-corrected chi connectivity index (χ1v) is 13.1. The molecule has 3 heterocycles. The van der Waals surface area contributed by atoms with E-state index in [4.69, 9.17) is 0 Å². The Bertz CT molecular complexity index is 1580. The average molecular weight is 518 g/mol. The maximum atomic E-state index is 14.1. The van der Waals surface area contributed by atoms with Crippen LogP contribution < -0.4 is 5.56 Å². The first-order valence-electron chi connectivity index (χ1n) is 10.9. The zero-order valence-corrected chi connectivity index (χ0v) is 20.3. The number of hydrogen-bond donors (Lipinski definition) is 0. The summed E-state index contributed by atoms with van der Waals surface area (Å²) in [5.41, 5.74) is 2.26. The van der Waals surface area contributed by atoms with Gasteiger partial charge in [0, 0.05) is 44.4 Å². The van der Waals surface area contributed by atoms with Crippen LogP contribution in [0.4, 0.5) is 8.78 Å². The number of aryl methyl sites for hydroxylation is 1. The second-order valence-corrected chi connectivity index (χ2v) is 11.1. The molecular weight excluding hydrogens is 496 g/mol. The van der Waals surface area contributed by atoms with Crippen LogP contribution in [0.15, 0.2) is 58.2 Å². The van der Waals surface area contributed by atoms with E-state index in [9.17, 15) is 22.0 Å². The summed E-state index contributed by atoms with van der Waals surface area (Å²) in [6.45, 7) is 3.26. The van der Waals surface area contributed by atoms with Gasteiger partial charge in [0.1, 0.15) is 21.5 Å². The molecule has 2 aromatic carbocycles. The van der Waals surface area contributed by atoms with E-state index in [1.165, 1.54) is 21.9 Å². The van der Waals surface area contributed by atoms with Crippen LogP contribution in [0.2, 0.25) is 0 Å². The van der Waals surface area contributed by atoms with Gasteiger partial charge in [-0.05, 0) is 30.7 Å². The van der Waals surface area contributed by atoms with E-state index in [1.54, 1.807) is 0 Å². The Hall–Kier alpha value is -3.06. The van der Waals surface area contributed by atoms with Gasteiger partial charge in [-0.2, -0.15) is 13.9 Å². The first kappa shape index (κ1) is 23.7. The van der Waals surface area contributed by atoms with Crippen molar-refractivity contribution in [2.45, 2.75) is 18.4 Å². The van der Waals surface area contributed by atoms with Gasteiger partial charge in [0.15, 0.2) is 0 Å². The standard InChI is InChI=1S/C23H21F2N5O3S2/c1-15-4-2-3-5-18(15)22-27-30-21(31)13-17(26-23(30)34-22)14-28-8-10-29(11-9-28)35(32,33)20-12-16(24)6-7-19(20)25/h2-7,12-13H,8-11,14H2,1H3. The highest BCUT2D eigenvalue weighted by Crippen LogP contribution is 2.27. The normalized spacial score (nSPS) is 15.6. The van der Waals surface area contributed by atoms with Crippen LogP contribution >= 0.6 is 11.3 Å². The van der Waals surface area contributed by atoms with Gasteiger partial charge in [0.05, 0.1) is 5.69 Å². The molecule has 0 unspecified atom stereocenters. The molecule has 5 rings (SSSR count). The van der Waals surface area contributed by atoms with Crippen molar-refractivity contribution in [1.29, 1.82) is 0 Å². The second-order valence-electron chi connectivity index (χ2n) is 8.26. The summed E-state index contributed by atoms with van der Waals surface area (Å²) in [7, 11) is -4.16. The molecule has 8 nitrogen and oxygen atoms in total. The topological polar surface area (TPSA) is 87.9 Å². The lowest BCUT2D eigenvalue weighted by Crippen LogP contribution is -2.48. The van der Waals surface area contributed by atoms with Crippen molar-refractivity contribution in [3.8, 4) is 10.6 Å². The van der Waals surface area contributed by atoms with E-state index in [1.807, 2.05) is 36.1 Å². The summed E-state index contributed by atoms with van der Waals surface area (Å²) in [6, 6.07) is 11.6. The minimum absolute atomic E-state index is 0.109. The minimum Gasteiger partial charge on any atom is -0.295 e. The number of hydrogen-bond acceptors (Lipinski definition) is 7. The fourth-order valence-corrected chi connectivity index (χ4v) is 6.54. The number of sulfonamides is 1. The van der Waals surface area contributed by atoms with E-state index in [-0.39, 0.29) is 18.6 Å². The van der Waals surface area contributed by atoms with Gasteiger partial charge in [0.25, 0.3) is 5.56 Å². The molecule has 0 N–H and O–H groups in total. The highest BCUT2D eigenvalue weighted by Gasteiger charge is 2.31. The number of fused-ring (bicyclic) bond motifs is 1. The smallest absolute Gasteiger partial charge is 0.275 e. The Morgan fingerprint density at radius 3 is 2.51 bits per heavy atom. The van der Waals surface area contributed by atoms with Crippen LogP contribution in [0, 0.1) is 18.6 Å². The Labute approximate surface area is 204 Å². The molecule has 0 saturated carbocycles. The number of aromatic nitrogens is 3. The monoisotopic (exact) mass is 517 g/mol. The molecule has 1 aliphatic rings. The summed E-state index contributed by atoms with van der Waals surface area (Å²) in [6.07, 6.45) is 0. The number of benzene rings is 2. The largest absolute Gasteiger partial charge is 0.295 e. The number of rotatable bonds is 5. The van der Waals surface area contributed by atoms with Crippen LogP contribution in [0.1, 0.15) is 11.3 Å². The third-order valence-corrected chi connectivity index (χ3v) is 8.76. The van der Waals surface area contributed by atoms with Crippen LogP contribution in [0.5, 0.6) is 0 Å². The van der Waals surface area contributed by atoms with E-state index in [0.29, 0.717) is 41.4 Å². The van der Waals surface area contributed by atoms with Crippen molar-refractivity contribution in [3.05, 3.63) is 81.8 Å². The fraction of sp³-hybridized carbons (Fsp3) is 0.261. The summed E-state index contributed by atoms with van der Waals surface area (Å²) in [4.78, 5) is 19.0. The molecule has 0 radical (unpaired) electrons. The SMILES string of the molecule is Cc1ccccc1-c1nn2c(=O)cc(CN3CCN(S(=O)(=O)c4cc(F)ccc4F)CC3)nc2s1. The molecule has 0 bridgehead atoms. The molecule has 4 aromatic rings. The van der Waals surface area contributed by atoms with E-state index in [0.717, 1.165) is 27.6 Å². The summed E-state index contributed by atoms with van der Waals surface area (Å²) in [5, 5.41) is 5.13. The van der Waals surface area contributed by atoms with Crippen molar-refractivity contribution in [2.75, 3.05) is 26.2 Å². The lowest BCUT2D eigenvalue weighted by Gasteiger charge is -2.33. The van der Waals surface area contributed by atoms with Crippen molar-refractivity contribution < 1.29 is 17.2 Å². The first-order chi connectivity index (χ1) is 16.7. The van der Waals surface area contributed by atoms with E-state index >= 15 is 0 Å². The van der Waals surface area contributed by atoms with Gasteiger partial charge < -0.3 is 0 Å². The molecule has 0 aliphatic carbocycles. The summed E-state index contributed by atoms with van der Waals surface area (Å²) in [5.74, 6) is -1.80. The van der Waals surface area contributed by atoms with Crippen LogP contribution in [-0.4, -0.2) is 58.4 Å². The number of nitrogens with zero attached hydrogens (tertiary/aromatic N) is 5. The highest BCUT2D eigenvalue weighted by atomic mass is 32.2. The Kier molecular flexibility index (Phi) is 6.21. The molecule has 12 heteroatoms. The lowest BCUT2D eigenvalue weighted by molar-refractivity contribution is 0.179. The Morgan fingerprint density at radius 2 is 1.77 bits per heavy atom. The van der Waals surface area contributed by atoms with E-state index in [2.05, 4.69) is 10.1 Å². The quantitative estimate of drug-likeness (QED) is 0.405. The van der Waals surface area contributed by atoms with Gasteiger partial charge in [-0.3, -0.25) is 9.69 Å². The van der Waals surface area contributed by atoms with E-state index < -0.39 is 26.6 Å². The molecule has 182 valence electrons. The average Bonchev–Trinajstić information content (AvgIpc) is 3.26. The maximum absolute atomic E-state index is 14.1. The molecule has 35 heavy (non-hydrogen) atoms. The zero-order valence-electron chi connectivity index (χ0n) is 18.7. The van der Waals surface area contributed by atoms with Gasteiger partial charge in [-0.15, -0.1) is 0 Å². The van der Waals surface area contributed by atoms with Crippen LogP contribution in [0.25, 0.3) is 15.5 Å². The van der Waals surface area contributed by atoms with Gasteiger partial charge >= 0.3 is 0 Å². The molecular formula is C23H21F2N5O3S2. The molecule has 0 spiro atoms. The second kappa shape index (κ2) is 9.19. The molecule has 0 atom stereocenters. The van der Waals surface area contributed by atoms with Crippen molar-refractivity contribution >= 4 is 26.3 Å².